The standard InChI is InChI=1S/C19H27FO/c1-4-19(13(2)3)9-5-6-15-10-17(20)18(11-16(15)19)21-12-14-7-8-14/h10-11,13-14H,4-9,12H2,1-3H3. The number of halogens is 1. The Morgan fingerprint density at radius 2 is 2.10 bits per heavy atom. The van der Waals surface area contributed by atoms with E-state index < -0.39 is 0 Å². The van der Waals surface area contributed by atoms with Gasteiger partial charge in [0.25, 0.3) is 0 Å². The minimum absolute atomic E-state index is 0.176. The molecule has 0 spiro atoms. The second-order valence-corrected chi connectivity index (χ2v) is 7.21. The van der Waals surface area contributed by atoms with Gasteiger partial charge in [0.1, 0.15) is 0 Å². The van der Waals surface area contributed by atoms with Crippen LogP contribution >= 0.6 is 0 Å². The maximum absolute atomic E-state index is 14.3. The average Bonchev–Trinajstić information content (AvgIpc) is 3.28. The fourth-order valence-electron chi connectivity index (χ4n) is 3.97. The monoisotopic (exact) mass is 290 g/mol. The molecule has 0 N–H and O–H groups in total. The van der Waals surface area contributed by atoms with E-state index >= 15 is 0 Å². The quantitative estimate of drug-likeness (QED) is 0.719. The molecule has 116 valence electrons. The van der Waals surface area contributed by atoms with Crippen molar-refractivity contribution >= 4 is 0 Å². The number of hydrogen-bond acceptors (Lipinski definition) is 1. The van der Waals surface area contributed by atoms with Crippen molar-refractivity contribution in [2.45, 2.75) is 64.7 Å². The maximum atomic E-state index is 14.3. The zero-order valence-electron chi connectivity index (χ0n) is 13.5. The van der Waals surface area contributed by atoms with Gasteiger partial charge in [-0.05, 0) is 79.0 Å². The lowest BCUT2D eigenvalue weighted by molar-refractivity contribution is 0.246. The molecule has 3 rings (SSSR count). The molecule has 0 aromatic heterocycles. The third kappa shape index (κ3) is 2.69. The van der Waals surface area contributed by atoms with Crippen molar-refractivity contribution in [1.29, 1.82) is 0 Å². The van der Waals surface area contributed by atoms with Crippen LogP contribution in [0.2, 0.25) is 0 Å². The first-order valence-corrected chi connectivity index (χ1v) is 8.52. The highest BCUT2D eigenvalue weighted by atomic mass is 19.1. The van der Waals surface area contributed by atoms with Crippen LogP contribution in [0.3, 0.4) is 0 Å². The zero-order valence-corrected chi connectivity index (χ0v) is 13.5. The Kier molecular flexibility index (Phi) is 3.98. The van der Waals surface area contributed by atoms with E-state index in [2.05, 4.69) is 20.8 Å². The number of fused-ring (bicyclic) bond motifs is 1. The van der Waals surface area contributed by atoms with E-state index in [0.717, 1.165) is 12.8 Å². The number of aryl methyl sites for hydroxylation is 1. The van der Waals surface area contributed by atoms with E-state index in [4.69, 9.17) is 4.74 Å². The minimum atomic E-state index is -0.176. The van der Waals surface area contributed by atoms with Gasteiger partial charge in [0.2, 0.25) is 0 Å². The molecule has 0 bridgehead atoms. The van der Waals surface area contributed by atoms with E-state index in [1.165, 1.54) is 36.8 Å². The van der Waals surface area contributed by atoms with Crippen molar-refractivity contribution in [2.24, 2.45) is 11.8 Å². The average molecular weight is 290 g/mol. The summed E-state index contributed by atoms with van der Waals surface area (Å²) in [5.41, 5.74) is 2.74. The van der Waals surface area contributed by atoms with Crippen LogP contribution in [0.25, 0.3) is 0 Å². The fraction of sp³-hybridized carbons (Fsp3) is 0.684. The summed E-state index contributed by atoms with van der Waals surface area (Å²) >= 11 is 0. The summed E-state index contributed by atoms with van der Waals surface area (Å²) in [5.74, 6) is 1.52. The molecule has 1 aromatic rings. The largest absolute Gasteiger partial charge is 0.490 e. The molecule has 21 heavy (non-hydrogen) atoms. The summed E-state index contributed by atoms with van der Waals surface area (Å²) in [7, 11) is 0. The van der Waals surface area contributed by atoms with Crippen LogP contribution in [-0.2, 0) is 11.8 Å². The Bertz CT molecular complexity index is 519. The predicted molar refractivity (Wildman–Crippen MR) is 84.4 cm³/mol. The lowest BCUT2D eigenvalue weighted by atomic mass is 9.62. The van der Waals surface area contributed by atoms with E-state index in [1.807, 2.05) is 6.07 Å². The summed E-state index contributed by atoms with van der Waals surface area (Å²) < 4.78 is 20.0. The van der Waals surface area contributed by atoms with Gasteiger partial charge in [-0.3, -0.25) is 0 Å². The zero-order chi connectivity index (χ0) is 15.0. The molecule has 0 heterocycles. The predicted octanol–water partition coefficient (Wildman–Crippen LogP) is 5.25. The third-order valence-electron chi connectivity index (χ3n) is 5.67. The molecular weight excluding hydrogens is 263 g/mol. The molecule has 2 aliphatic rings. The molecule has 1 aromatic carbocycles. The molecule has 1 unspecified atom stereocenters. The van der Waals surface area contributed by atoms with Gasteiger partial charge in [-0.2, -0.15) is 0 Å². The molecular formula is C19H27FO. The number of benzene rings is 1. The topological polar surface area (TPSA) is 9.23 Å². The Hall–Kier alpha value is -1.05. The van der Waals surface area contributed by atoms with Crippen LogP contribution in [-0.4, -0.2) is 6.61 Å². The number of hydrogen-bond donors (Lipinski definition) is 0. The highest BCUT2D eigenvalue weighted by Crippen LogP contribution is 2.47. The lowest BCUT2D eigenvalue weighted by Crippen LogP contribution is -2.35. The summed E-state index contributed by atoms with van der Waals surface area (Å²) in [4.78, 5) is 0. The molecule has 0 aliphatic heterocycles. The third-order valence-corrected chi connectivity index (χ3v) is 5.67. The van der Waals surface area contributed by atoms with Crippen molar-refractivity contribution in [3.8, 4) is 5.75 Å². The van der Waals surface area contributed by atoms with Gasteiger partial charge in [0.05, 0.1) is 6.61 Å². The fourth-order valence-corrected chi connectivity index (χ4v) is 3.97. The summed E-state index contributed by atoms with van der Waals surface area (Å²) in [6.07, 6.45) is 6.96. The highest BCUT2D eigenvalue weighted by molar-refractivity contribution is 5.44. The van der Waals surface area contributed by atoms with Crippen LogP contribution in [0.4, 0.5) is 4.39 Å². The molecule has 1 saturated carbocycles. The summed E-state index contributed by atoms with van der Waals surface area (Å²) in [6.45, 7) is 7.54. The van der Waals surface area contributed by atoms with E-state index in [0.29, 0.717) is 24.2 Å². The summed E-state index contributed by atoms with van der Waals surface area (Å²) in [5, 5.41) is 0. The SMILES string of the molecule is CCC1(C(C)C)CCCc2cc(F)c(OCC3CC3)cc21. The Morgan fingerprint density at radius 1 is 1.33 bits per heavy atom. The molecule has 1 atom stereocenters. The molecule has 2 aliphatic carbocycles. The number of ether oxygens (including phenoxy) is 1. The van der Waals surface area contributed by atoms with Gasteiger partial charge in [-0.25, -0.2) is 4.39 Å². The Balaban J connectivity index is 1.97. The van der Waals surface area contributed by atoms with Crippen LogP contribution in [0.5, 0.6) is 5.75 Å². The first-order valence-electron chi connectivity index (χ1n) is 8.52. The molecule has 0 radical (unpaired) electrons. The van der Waals surface area contributed by atoms with E-state index in [-0.39, 0.29) is 11.2 Å². The first-order chi connectivity index (χ1) is 10.1. The Morgan fingerprint density at radius 3 is 2.71 bits per heavy atom. The van der Waals surface area contributed by atoms with E-state index in [9.17, 15) is 4.39 Å². The highest BCUT2D eigenvalue weighted by Gasteiger charge is 2.38. The van der Waals surface area contributed by atoms with Crippen LogP contribution in [0.1, 0.15) is 64.0 Å². The molecule has 0 amide bonds. The molecule has 1 fully saturated rings. The molecule has 2 heteroatoms. The first kappa shape index (κ1) is 14.9. The van der Waals surface area contributed by atoms with Crippen LogP contribution in [0.15, 0.2) is 12.1 Å². The van der Waals surface area contributed by atoms with Gasteiger partial charge in [-0.1, -0.05) is 20.8 Å². The molecule has 0 saturated heterocycles. The maximum Gasteiger partial charge on any atom is 0.165 e. The van der Waals surface area contributed by atoms with Crippen molar-refractivity contribution in [2.75, 3.05) is 6.61 Å². The van der Waals surface area contributed by atoms with Crippen molar-refractivity contribution in [3.05, 3.63) is 29.1 Å². The smallest absolute Gasteiger partial charge is 0.165 e. The lowest BCUT2D eigenvalue weighted by Gasteiger charge is -2.42. The van der Waals surface area contributed by atoms with Crippen molar-refractivity contribution in [1.82, 2.24) is 0 Å². The van der Waals surface area contributed by atoms with Gasteiger partial charge in [0.15, 0.2) is 11.6 Å². The van der Waals surface area contributed by atoms with Gasteiger partial charge in [0, 0.05) is 0 Å². The van der Waals surface area contributed by atoms with Crippen LogP contribution < -0.4 is 4.74 Å². The second-order valence-electron chi connectivity index (χ2n) is 7.21. The normalized spacial score (nSPS) is 25.0. The summed E-state index contributed by atoms with van der Waals surface area (Å²) in [6, 6.07) is 3.76. The van der Waals surface area contributed by atoms with Crippen molar-refractivity contribution in [3.63, 3.8) is 0 Å². The van der Waals surface area contributed by atoms with E-state index in [1.54, 1.807) is 6.07 Å². The second kappa shape index (κ2) is 5.62. The number of rotatable bonds is 5. The minimum Gasteiger partial charge on any atom is -0.490 e. The molecule has 1 nitrogen and oxygen atoms in total. The van der Waals surface area contributed by atoms with Crippen molar-refractivity contribution < 1.29 is 9.13 Å². The Labute approximate surface area is 127 Å². The van der Waals surface area contributed by atoms with Gasteiger partial charge in [-0.15, -0.1) is 0 Å². The van der Waals surface area contributed by atoms with Crippen LogP contribution in [0, 0.1) is 17.7 Å². The van der Waals surface area contributed by atoms with Gasteiger partial charge < -0.3 is 4.74 Å². The van der Waals surface area contributed by atoms with Gasteiger partial charge >= 0.3 is 0 Å².